The van der Waals surface area contributed by atoms with Crippen molar-refractivity contribution in [1.82, 2.24) is 4.57 Å². The standard InChI is InChI=1S/C16H19N2.C5H8O2.Ir/c1-16(2)9-6-10-17-15(16)14-11-12-7-4-5-8-13(12)18(14)3;1-4(6)3-5(2)7;/h4-5,7-8H,6,9-10H2,1-3H3;3,6H,1-2H3;/q-1;;/p+1/b;4-3-;. The number of aliphatic hydroxyl groups excluding tert-OH is 1. The molecular weight excluding hydrogens is 504 g/mol. The molecule has 2 heterocycles. The van der Waals surface area contributed by atoms with E-state index in [1.807, 2.05) is 0 Å². The van der Waals surface area contributed by atoms with Crippen LogP contribution in [0.25, 0.3) is 10.9 Å². The quantitative estimate of drug-likeness (QED) is 0.261. The van der Waals surface area contributed by atoms with Gasteiger partial charge >= 0.3 is 5.78 Å². The van der Waals surface area contributed by atoms with Gasteiger partial charge in [0, 0.05) is 33.7 Å². The Morgan fingerprint density at radius 3 is 2.46 bits per heavy atom. The van der Waals surface area contributed by atoms with Gasteiger partial charge in [-0.15, -0.1) is 23.6 Å². The van der Waals surface area contributed by atoms with Gasteiger partial charge in [-0.3, -0.25) is 4.79 Å². The fourth-order valence-corrected chi connectivity index (χ4v) is 3.16. The largest absolute Gasteiger partial charge is 0.512 e. The Bertz CT molecular complexity index is 828. The molecule has 1 aromatic heterocycles. The Kier molecular flexibility index (Phi) is 7.98. The number of benzene rings is 1. The summed E-state index contributed by atoms with van der Waals surface area (Å²) >= 11 is 0. The molecule has 4 nitrogen and oxygen atoms in total. The fraction of sp³-hybridized carbons (Fsp3) is 0.429. The third kappa shape index (κ3) is 5.39. The van der Waals surface area contributed by atoms with E-state index in [-0.39, 0.29) is 37.1 Å². The molecule has 1 radical (unpaired) electrons. The number of hydrogen-bond donors (Lipinski definition) is 1. The van der Waals surface area contributed by atoms with Crippen LogP contribution in [-0.4, -0.2) is 32.5 Å². The van der Waals surface area contributed by atoms with Crippen molar-refractivity contribution in [3.05, 3.63) is 47.9 Å². The molecule has 26 heavy (non-hydrogen) atoms. The van der Waals surface area contributed by atoms with Gasteiger partial charge in [0.1, 0.15) is 0 Å². The number of rotatable bonds is 2. The van der Waals surface area contributed by atoms with Crippen LogP contribution in [0.2, 0.25) is 0 Å². The predicted octanol–water partition coefficient (Wildman–Crippen LogP) is 4.60. The maximum absolute atomic E-state index is 8.40. The summed E-state index contributed by atoms with van der Waals surface area (Å²) in [6, 6.07) is 11.9. The first-order valence-electron chi connectivity index (χ1n) is 8.64. The van der Waals surface area contributed by atoms with E-state index in [4.69, 9.17) is 14.9 Å². The molecule has 3 rings (SSSR count). The summed E-state index contributed by atoms with van der Waals surface area (Å²) in [4.78, 5) is 13.2. The average molecular weight is 533 g/mol. The number of ketones is 1. The number of aliphatic imine (C=N–C) groups is 1. The van der Waals surface area contributed by atoms with Gasteiger partial charge in [-0.1, -0.05) is 26.0 Å². The third-order valence-corrected chi connectivity index (χ3v) is 4.37. The summed E-state index contributed by atoms with van der Waals surface area (Å²) in [5.74, 6) is 0.250. The molecule has 0 unspecified atom stereocenters. The van der Waals surface area contributed by atoms with Crippen molar-refractivity contribution < 1.29 is 30.0 Å². The van der Waals surface area contributed by atoms with Crippen LogP contribution in [0.3, 0.4) is 0 Å². The molecule has 0 saturated carbocycles. The molecule has 0 fully saturated rings. The molecule has 0 saturated heterocycles. The minimum Gasteiger partial charge on any atom is -0.512 e. The topological polar surface area (TPSA) is 58.9 Å². The van der Waals surface area contributed by atoms with Crippen molar-refractivity contribution in [3.63, 3.8) is 0 Å². The summed E-state index contributed by atoms with van der Waals surface area (Å²) in [6.45, 7) is 8.53. The second-order valence-corrected chi connectivity index (χ2v) is 7.19. The molecule has 1 aliphatic heterocycles. The molecule has 0 atom stereocenters. The third-order valence-electron chi connectivity index (χ3n) is 4.37. The van der Waals surface area contributed by atoms with Gasteiger partial charge in [0.15, 0.2) is 0 Å². The monoisotopic (exact) mass is 533 g/mol. The van der Waals surface area contributed by atoms with Crippen LogP contribution < -0.4 is 0 Å². The number of nitrogens with zero attached hydrogens (tertiary/aromatic N) is 2. The van der Waals surface area contributed by atoms with Gasteiger partial charge in [-0.25, -0.2) is 0 Å². The molecule has 2 N–H and O–H groups in total. The number of aliphatic hydroxyl groups is 1. The summed E-state index contributed by atoms with van der Waals surface area (Å²) in [6.07, 6.45) is 3.68. The van der Waals surface area contributed by atoms with Crippen LogP contribution in [0.4, 0.5) is 0 Å². The predicted molar refractivity (Wildman–Crippen MR) is 105 cm³/mol. The number of allylic oxidation sites excluding steroid dienone is 2. The van der Waals surface area contributed by atoms with Crippen molar-refractivity contribution in [2.45, 2.75) is 40.5 Å². The number of carbonyl (C=O) groups excluding carboxylic acids is 1. The van der Waals surface area contributed by atoms with Crippen molar-refractivity contribution in [2.24, 2.45) is 17.5 Å². The van der Waals surface area contributed by atoms with Gasteiger partial charge in [0.05, 0.1) is 18.8 Å². The Balaban J connectivity index is 0.000000366. The van der Waals surface area contributed by atoms with Gasteiger partial charge < -0.3 is 14.7 Å². The van der Waals surface area contributed by atoms with Gasteiger partial charge in [0.2, 0.25) is 0 Å². The minimum absolute atomic E-state index is 0. The number of aromatic nitrogens is 1. The molecule has 0 spiro atoms. The van der Waals surface area contributed by atoms with E-state index in [1.165, 1.54) is 49.4 Å². The van der Waals surface area contributed by atoms with Crippen LogP contribution in [0.5, 0.6) is 0 Å². The maximum atomic E-state index is 8.40. The molecule has 5 heteroatoms. The SMILES string of the molecule is CC(=[OH+])/C=C(/C)O.Cn1c(C2=NCCCC2(C)C)[c-]c2ccccc21.[Ir]. The molecular formula is C21H28IrN2O2. The smallest absolute Gasteiger partial charge is 0.316 e. The molecule has 2 aromatic rings. The minimum atomic E-state index is 0. The molecule has 0 aliphatic carbocycles. The Labute approximate surface area is 169 Å². The van der Waals surface area contributed by atoms with Crippen LogP contribution in [0, 0.1) is 11.5 Å². The van der Waals surface area contributed by atoms with Gasteiger partial charge in [0.25, 0.3) is 0 Å². The van der Waals surface area contributed by atoms with E-state index in [0.717, 1.165) is 12.2 Å². The van der Waals surface area contributed by atoms with E-state index < -0.39 is 0 Å². The zero-order chi connectivity index (χ0) is 18.6. The van der Waals surface area contributed by atoms with Crippen LogP contribution in [-0.2, 0) is 27.2 Å². The molecule has 1 aliphatic rings. The Hall–Kier alpha value is -1.71. The van der Waals surface area contributed by atoms with Crippen molar-refractivity contribution >= 4 is 22.4 Å². The molecule has 0 bridgehead atoms. The van der Waals surface area contributed by atoms with E-state index in [1.54, 1.807) is 0 Å². The zero-order valence-corrected chi connectivity index (χ0v) is 18.5. The summed E-state index contributed by atoms with van der Waals surface area (Å²) in [7, 11) is 2.11. The summed E-state index contributed by atoms with van der Waals surface area (Å²) in [5, 5.41) is 9.58. The second kappa shape index (κ2) is 9.29. The normalized spacial score (nSPS) is 16.2. The maximum Gasteiger partial charge on any atom is 0.316 e. The van der Waals surface area contributed by atoms with E-state index >= 15 is 0 Å². The first-order valence-corrected chi connectivity index (χ1v) is 8.64. The first-order chi connectivity index (χ1) is 11.7. The van der Waals surface area contributed by atoms with Crippen LogP contribution in [0.15, 0.2) is 41.1 Å². The average Bonchev–Trinajstić information content (AvgIpc) is 2.83. The van der Waals surface area contributed by atoms with Crippen molar-refractivity contribution in [2.75, 3.05) is 6.54 Å². The van der Waals surface area contributed by atoms with Gasteiger partial charge in [-0.2, -0.15) is 0 Å². The summed E-state index contributed by atoms with van der Waals surface area (Å²) < 4.78 is 2.22. The van der Waals surface area contributed by atoms with Crippen molar-refractivity contribution in [1.29, 1.82) is 0 Å². The van der Waals surface area contributed by atoms with Gasteiger partial charge in [-0.05, 0) is 42.1 Å². The Morgan fingerprint density at radius 2 is 1.96 bits per heavy atom. The molecule has 143 valence electrons. The van der Waals surface area contributed by atoms with Crippen molar-refractivity contribution in [3.8, 4) is 0 Å². The summed E-state index contributed by atoms with van der Waals surface area (Å²) in [5.41, 5.74) is 3.77. The van der Waals surface area contributed by atoms with E-state index in [9.17, 15) is 0 Å². The number of hydrogen-bond acceptors (Lipinski definition) is 2. The fourth-order valence-electron chi connectivity index (χ4n) is 3.16. The van der Waals surface area contributed by atoms with E-state index in [0.29, 0.717) is 0 Å². The zero-order valence-electron chi connectivity index (χ0n) is 16.1. The molecule has 0 amide bonds. The van der Waals surface area contributed by atoms with E-state index in [2.05, 4.69) is 55.8 Å². The van der Waals surface area contributed by atoms with Crippen LogP contribution >= 0.6 is 0 Å². The molecule has 1 aromatic carbocycles. The first kappa shape index (κ1) is 22.3. The van der Waals surface area contributed by atoms with Crippen LogP contribution in [0.1, 0.15) is 46.2 Å². The Morgan fingerprint density at radius 1 is 1.31 bits per heavy atom. The number of fused-ring (bicyclic) bond motifs is 1. The number of para-hydroxylation sites is 1. The number of aryl methyl sites for hydroxylation is 1. The second-order valence-electron chi connectivity index (χ2n) is 7.19.